The van der Waals surface area contributed by atoms with Gasteiger partial charge in [0.25, 0.3) is 0 Å². The van der Waals surface area contributed by atoms with Crippen molar-refractivity contribution in [1.82, 2.24) is 19.7 Å². The van der Waals surface area contributed by atoms with E-state index in [1.807, 2.05) is 12.1 Å². The van der Waals surface area contributed by atoms with Crippen LogP contribution < -0.4 is 10.2 Å². The Morgan fingerprint density at radius 2 is 1.94 bits per heavy atom. The van der Waals surface area contributed by atoms with Crippen molar-refractivity contribution >= 4 is 17.3 Å². The van der Waals surface area contributed by atoms with Crippen molar-refractivity contribution in [2.75, 3.05) is 49.6 Å². The predicted molar refractivity (Wildman–Crippen MR) is 124 cm³/mol. The van der Waals surface area contributed by atoms with Gasteiger partial charge in [0.1, 0.15) is 6.33 Å². The Kier molecular flexibility index (Phi) is 5.75. The fraction of sp³-hybridized carbons (Fsp3) is 0.375. The monoisotopic (exact) mass is 429 g/mol. The standard InChI is InChI=1S/C24H27N7O/c1-2-18-10-20(13-22(11-18)29-6-8-30(9-7-29)23-15-32-16-23)27-24-26-17-31(28-24)21-5-3-4-19(12-21)14-25/h3-5,10-13,17,23H,2,6-9,15-16H2,1H3,(H,27,28). The molecule has 2 saturated heterocycles. The van der Waals surface area contributed by atoms with Crippen LogP contribution in [0.2, 0.25) is 0 Å². The van der Waals surface area contributed by atoms with Crippen LogP contribution >= 0.6 is 0 Å². The highest BCUT2D eigenvalue weighted by atomic mass is 16.5. The molecule has 8 heteroatoms. The summed E-state index contributed by atoms with van der Waals surface area (Å²) in [4.78, 5) is 9.41. The highest BCUT2D eigenvalue weighted by Crippen LogP contribution is 2.26. The molecule has 3 aromatic rings. The third-order valence-corrected chi connectivity index (χ3v) is 6.19. The van der Waals surface area contributed by atoms with Gasteiger partial charge in [0.05, 0.1) is 36.6 Å². The minimum atomic E-state index is 0.529. The molecule has 0 spiro atoms. The van der Waals surface area contributed by atoms with Gasteiger partial charge in [-0.3, -0.25) is 4.90 Å². The third kappa shape index (κ3) is 4.31. The van der Waals surface area contributed by atoms with Crippen molar-refractivity contribution in [3.05, 3.63) is 59.9 Å². The van der Waals surface area contributed by atoms with Gasteiger partial charge in [-0.2, -0.15) is 10.2 Å². The van der Waals surface area contributed by atoms with Gasteiger partial charge < -0.3 is 15.0 Å². The van der Waals surface area contributed by atoms with Crippen LogP contribution in [-0.4, -0.2) is 65.1 Å². The number of hydrogen-bond acceptors (Lipinski definition) is 7. The first-order valence-corrected chi connectivity index (χ1v) is 11.1. The maximum atomic E-state index is 9.13. The minimum Gasteiger partial charge on any atom is -0.378 e. The topological polar surface area (TPSA) is 82.2 Å². The molecule has 5 rings (SSSR count). The lowest BCUT2D eigenvalue weighted by Gasteiger charge is -2.43. The molecule has 0 unspecified atom stereocenters. The average Bonchev–Trinajstić information content (AvgIpc) is 3.26. The van der Waals surface area contributed by atoms with Gasteiger partial charge in [0, 0.05) is 37.6 Å². The zero-order valence-corrected chi connectivity index (χ0v) is 18.2. The van der Waals surface area contributed by atoms with Gasteiger partial charge in [-0.15, -0.1) is 5.10 Å². The number of hydrogen-bond donors (Lipinski definition) is 1. The van der Waals surface area contributed by atoms with Gasteiger partial charge in [-0.05, 0) is 48.4 Å². The molecule has 2 aliphatic rings. The number of aromatic nitrogens is 3. The van der Waals surface area contributed by atoms with E-state index >= 15 is 0 Å². The molecule has 3 heterocycles. The lowest BCUT2D eigenvalue weighted by atomic mass is 10.1. The van der Waals surface area contributed by atoms with Crippen molar-refractivity contribution in [1.29, 1.82) is 5.26 Å². The van der Waals surface area contributed by atoms with Crippen LogP contribution in [0.5, 0.6) is 0 Å². The molecular formula is C24H27N7O. The van der Waals surface area contributed by atoms with Crippen LogP contribution in [0.1, 0.15) is 18.1 Å². The Morgan fingerprint density at radius 3 is 2.66 bits per heavy atom. The van der Waals surface area contributed by atoms with E-state index in [1.165, 1.54) is 11.3 Å². The Bertz CT molecular complexity index is 1120. The number of nitrogens with zero attached hydrogens (tertiary/aromatic N) is 6. The summed E-state index contributed by atoms with van der Waals surface area (Å²) in [7, 11) is 0. The molecule has 164 valence electrons. The molecule has 0 radical (unpaired) electrons. The highest BCUT2D eigenvalue weighted by Gasteiger charge is 2.29. The molecule has 0 atom stereocenters. The van der Waals surface area contributed by atoms with Crippen molar-refractivity contribution in [3.8, 4) is 11.8 Å². The first-order valence-electron chi connectivity index (χ1n) is 11.1. The summed E-state index contributed by atoms with van der Waals surface area (Å²) in [6.07, 6.45) is 2.62. The van der Waals surface area contributed by atoms with E-state index < -0.39 is 0 Å². The number of rotatable bonds is 6. The maximum absolute atomic E-state index is 9.13. The Labute approximate surface area is 188 Å². The van der Waals surface area contributed by atoms with Crippen LogP contribution in [0.15, 0.2) is 48.8 Å². The molecule has 1 aromatic heterocycles. The molecule has 32 heavy (non-hydrogen) atoms. The van der Waals surface area contributed by atoms with E-state index in [-0.39, 0.29) is 0 Å². The molecule has 8 nitrogen and oxygen atoms in total. The van der Waals surface area contributed by atoms with Crippen molar-refractivity contribution in [2.24, 2.45) is 0 Å². The van der Waals surface area contributed by atoms with Crippen LogP contribution in [-0.2, 0) is 11.2 Å². The van der Waals surface area contributed by atoms with Gasteiger partial charge in [0.15, 0.2) is 0 Å². The van der Waals surface area contributed by atoms with Crippen molar-refractivity contribution < 1.29 is 4.74 Å². The normalized spacial score (nSPS) is 17.1. The molecule has 2 aliphatic heterocycles. The van der Waals surface area contributed by atoms with E-state index in [0.717, 1.165) is 57.2 Å². The zero-order valence-electron chi connectivity index (χ0n) is 18.2. The fourth-order valence-electron chi connectivity index (χ4n) is 4.20. The number of nitriles is 1. The summed E-state index contributed by atoms with van der Waals surface area (Å²) in [5, 5.41) is 17.0. The molecule has 2 fully saturated rings. The Morgan fingerprint density at radius 1 is 1.09 bits per heavy atom. The molecule has 0 saturated carbocycles. The fourth-order valence-corrected chi connectivity index (χ4v) is 4.20. The van der Waals surface area contributed by atoms with Gasteiger partial charge in [-0.25, -0.2) is 4.68 Å². The van der Waals surface area contributed by atoms with E-state index in [2.05, 4.69) is 56.4 Å². The van der Waals surface area contributed by atoms with Crippen LogP contribution in [0.25, 0.3) is 5.69 Å². The van der Waals surface area contributed by atoms with Crippen LogP contribution in [0.4, 0.5) is 17.3 Å². The lowest BCUT2D eigenvalue weighted by molar-refractivity contribution is -0.0660. The first kappa shape index (κ1) is 20.5. The minimum absolute atomic E-state index is 0.529. The van der Waals surface area contributed by atoms with Gasteiger partial charge in [-0.1, -0.05) is 13.0 Å². The second kappa shape index (κ2) is 8.99. The molecule has 0 amide bonds. The van der Waals surface area contributed by atoms with Gasteiger partial charge in [0.2, 0.25) is 5.95 Å². The van der Waals surface area contributed by atoms with Crippen LogP contribution in [0, 0.1) is 11.3 Å². The number of nitrogens with one attached hydrogen (secondary N) is 1. The summed E-state index contributed by atoms with van der Waals surface area (Å²) in [6, 6.07) is 16.7. The third-order valence-electron chi connectivity index (χ3n) is 6.19. The van der Waals surface area contributed by atoms with Crippen molar-refractivity contribution in [3.63, 3.8) is 0 Å². The average molecular weight is 430 g/mol. The smallest absolute Gasteiger partial charge is 0.246 e. The van der Waals surface area contributed by atoms with Gasteiger partial charge >= 0.3 is 0 Å². The summed E-state index contributed by atoms with van der Waals surface area (Å²) in [6.45, 7) is 8.10. The summed E-state index contributed by atoms with van der Waals surface area (Å²) in [5.41, 5.74) is 4.90. The summed E-state index contributed by atoms with van der Waals surface area (Å²) >= 11 is 0. The molecule has 0 aliphatic carbocycles. The van der Waals surface area contributed by atoms with Crippen molar-refractivity contribution in [2.45, 2.75) is 19.4 Å². The predicted octanol–water partition coefficient (Wildman–Crippen LogP) is 2.97. The summed E-state index contributed by atoms with van der Waals surface area (Å²) in [5.74, 6) is 0.529. The van der Waals surface area contributed by atoms with E-state index in [4.69, 9.17) is 10.00 Å². The van der Waals surface area contributed by atoms with E-state index in [9.17, 15) is 0 Å². The molecule has 2 aromatic carbocycles. The largest absolute Gasteiger partial charge is 0.378 e. The van der Waals surface area contributed by atoms with E-state index in [1.54, 1.807) is 23.1 Å². The highest BCUT2D eigenvalue weighted by molar-refractivity contribution is 5.64. The second-order valence-electron chi connectivity index (χ2n) is 8.26. The second-order valence-corrected chi connectivity index (χ2v) is 8.26. The molecule has 1 N–H and O–H groups in total. The molecular weight excluding hydrogens is 402 g/mol. The molecule has 0 bridgehead atoms. The quantitative estimate of drug-likeness (QED) is 0.645. The number of aryl methyl sites for hydroxylation is 1. The number of ether oxygens (including phenoxy) is 1. The zero-order chi connectivity index (χ0) is 21.9. The number of benzene rings is 2. The van der Waals surface area contributed by atoms with Crippen LogP contribution in [0.3, 0.4) is 0 Å². The maximum Gasteiger partial charge on any atom is 0.246 e. The Hall–Kier alpha value is -3.41. The Balaban J connectivity index is 1.31. The number of anilines is 3. The van der Waals surface area contributed by atoms with E-state index in [0.29, 0.717) is 17.6 Å². The number of piperazine rings is 1. The SMILES string of the molecule is CCc1cc(Nc2ncn(-c3cccc(C#N)c3)n2)cc(N2CCN(C3COC3)CC2)c1. The first-order chi connectivity index (χ1) is 15.7. The summed E-state index contributed by atoms with van der Waals surface area (Å²) < 4.78 is 7.03. The lowest BCUT2D eigenvalue weighted by Crippen LogP contribution is -2.56.